The Bertz CT molecular complexity index is 805. The van der Waals surface area contributed by atoms with Crippen LogP contribution < -0.4 is 14.9 Å². The van der Waals surface area contributed by atoms with Gasteiger partial charge in [0.2, 0.25) is 0 Å². The average molecular weight is 386 g/mol. The summed E-state index contributed by atoms with van der Waals surface area (Å²) in [5.74, 6) is 0.358. The molecule has 1 aliphatic rings. The summed E-state index contributed by atoms with van der Waals surface area (Å²) in [6.07, 6.45) is -0.120. The van der Waals surface area contributed by atoms with Crippen LogP contribution in [0.2, 0.25) is 0 Å². The van der Waals surface area contributed by atoms with Crippen molar-refractivity contribution in [3.05, 3.63) is 53.8 Å². The minimum Gasteiger partial charge on any atom is -0.487 e. The third-order valence-corrected chi connectivity index (χ3v) is 5.15. The van der Waals surface area contributed by atoms with Gasteiger partial charge in [0.25, 0.3) is 0 Å². The van der Waals surface area contributed by atoms with E-state index in [9.17, 15) is 4.39 Å². The van der Waals surface area contributed by atoms with E-state index in [1.54, 1.807) is 0 Å². The van der Waals surface area contributed by atoms with E-state index in [0.29, 0.717) is 23.6 Å². The van der Waals surface area contributed by atoms with Crippen molar-refractivity contribution < 1.29 is 23.2 Å². The van der Waals surface area contributed by atoms with Crippen molar-refractivity contribution in [3.8, 4) is 11.5 Å². The van der Waals surface area contributed by atoms with Crippen molar-refractivity contribution in [2.45, 2.75) is 65.5 Å². The molecular weight excluding hydrogens is 358 g/mol. The maximum atomic E-state index is 14.5. The van der Waals surface area contributed by atoms with Crippen LogP contribution in [0.25, 0.3) is 0 Å². The fourth-order valence-corrected chi connectivity index (χ4v) is 2.94. The Labute approximate surface area is 167 Å². The van der Waals surface area contributed by atoms with Crippen LogP contribution >= 0.6 is 0 Å². The maximum Gasteiger partial charge on any atom is 0.498 e. The van der Waals surface area contributed by atoms with E-state index in [0.717, 1.165) is 5.56 Å². The van der Waals surface area contributed by atoms with Crippen LogP contribution in [0, 0.1) is 5.82 Å². The Kier molecular flexibility index (Phi) is 5.73. The summed E-state index contributed by atoms with van der Waals surface area (Å²) < 4.78 is 38.7. The first kappa shape index (κ1) is 20.7. The van der Waals surface area contributed by atoms with Crippen LogP contribution in [-0.2, 0) is 15.9 Å². The lowest BCUT2D eigenvalue weighted by Crippen LogP contribution is -2.41. The number of ether oxygens (including phenoxy) is 2. The summed E-state index contributed by atoms with van der Waals surface area (Å²) in [5, 5.41) is 0. The first-order valence-electron chi connectivity index (χ1n) is 9.61. The van der Waals surface area contributed by atoms with E-state index in [2.05, 4.69) is 0 Å². The van der Waals surface area contributed by atoms with Gasteiger partial charge in [-0.15, -0.1) is 0 Å². The molecule has 0 N–H and O–H groups in total. The molecule has 2 aromatic carbocycles. The smallest absolute Gasteiger partial charge is 0.487 e. The minimum atomic E-state index is -0.742. The Morgan fingerprint density at radius 3 is 2.18 bits per heavy atom. The van der Waals surface area contributed by atoms with Gasteiger partial charge in [-0.2, -0.15) is 0 Å². The van der Waals surface area contributed by atoms with Crippen LogP contribution in [0.1, 0.15) is 47.1 Å². The number of benzene rings is 2. The summed E-state index contributed by atoms with van der Waals surface area (Å²) in [6.45, 7) is 12.0. The molecule has 0 atom stereocenters. The van der Waals surface area contributed by atoms with Gasteiger partial charge in [-0.1, -0.05) is 30.3 Å². The maximum absolute atomic E-state index is 14.5. The fourth-order valence-electron chi connectivity index (χ4n) is 2.94. The highest BCUT2D eigenvalue weighted by molar-refractivity contribution is 6.63. The highest BCUT2D eigenvalue weighted by Crippen LogP contribution is 2.39. The summed E-state index contributed by atoms with van der Waals surface area (Å²) in [5.41, 5.74) is 0.406. The lowest BCUT2D eigenvalue weighted by atomic mass is 9.78. The summed E-state index contributed by atoms with van der Waals surface area (Å²) in [4.78, 5) is 0. The molecule has 2 aromatic rings. The van der Waals surface area contributed by atoms with E-state index < -0.39 is 24.1 Å². The monoisotopic (exact) mass is 386 g/mol. The molecule has 0 saturated carbocycles. The van der Waals surface area contributed by atoms with Gasteiger partial charge in [0, 0.05) is 11.5 Å². The molecule has 1 fully saturated rings. The fraction of sp³-hybridized carbons (Fsp3) is 0.455. The van der Waals surface area contributed by atoms with Crippen molar-refractivity contribution in [3.63, 3.8) is 0 Å². The van der Waals surface area contributed by atoms with Crippen LogP contribution in [0.4, 0.5) is 4.39 Å². The molecule has 1 saturated heterocycles. The normalized spacial score (nSPS) is 17.8. The topological polar surface area (TPSA) is 36.9 Å². The standard InChI is InChI=1S/C22H28BFO4/c1-15(2)26-20-18(23-27-21(3,4)22(5,6)28-23)12-17(24)13-19(20)25-14-16-10-8-7-9-11-16/h7-13,15H,14H2,1-6H3. The molecule has 0 bridgehead atoms. The third-order valence-electron chi connectivity index (χ3n) is 5.15. The molecule has 0 aliphatic carbocycles. The molecule has 0 amide bonds. The molecule has 0 unspecified atom stereocenters. The van der Waals surface area contributed by atoms with Gasteiger partial charge in [0.1, 0.15) is 12.4 Å². The number of hydrogen-bond acceptors (Lipinski definition) is 4. The molecule has 1 aliphatic heterocycles. The Morgan fingerprint density at radius 1 is 1.00 bits per heavy atom. The average Bonchev–Trinajstić information content (AvgIpc) is 2.83. The van der Waals surface area contributed by atoms with Crippen LogP contribution in [-0.4, -0.2) is 24.4 Å². The molecule has 6 heteroatoms. The lowest BCUT2D eigenvalue weighted by Gasteiger charge is -2.32. The van der Waals surface area contributed by atoms with Gasteiger partial charge in [-0.05, 0) is 53.2 Å². The predicted molar refractivity (Wildman–Crippen MR) is 109 cm³/mol. The predicted octanol–water partition coefficient (Wildman–Crippen LogP) is 4.49. The first-order valence-corrected chi connectivity index (χ1v) is 9.61. The van der Waals surface area contributed by atoms with Crippen LogP contribution in [0.3, 0.4) is 0 Å². The van der Waals surface area contributed by atoms with Crippen molar-refractivity contribution >= 4 is 12.6 Å². The van der Waals surface area contributed by atoms with Crippen molar-refractivity contribution in [1.29, 1.82) is 0 Å². The second kappa shape index (κ2) is 7.76. The van der Waals surface area contributed by atoms with Gasteiger partial charge in [0.05, 0.1) is 17.3 Å². The van der Waals surface area contributed by atoms with E-state index in [-0.39, 0.29) is 6.10 Å². The second-order valence-corrected chi connectivity index (χ2v) is 8.35. The van der Waals surface area contributed by atoms with Crippen LogP contribution in [0.15, 0.2) is 42.5 Å². The van der Waals surface area contributed by atoms with E-state index in [1.165, 1.54) is 12.1 Å². The zero-order valence-electron chi connectivity index (χ0n) is 17.4. The molecule has 0 spiro atoms. The van der Waals surface area contributed by atoms with Gasteiger partial charge >= 0.3 is 7.12 Å². The first-order chi connectivity index (χ1) is 13.1. The number of hydrogen-bond donors (Lipinski definition) is 0. The molecule has 3 rings (SSSR count). The third kappa shape index (κ3) is 4.34. The second-order valence-electron chi connectivity index (χ2n) is 8.35. The molecule has 1 heterocycles. The molecular formula is C22H28BFO4. The Morgan fingerprint density at radius 2 is 1.61 bits per heavy atom. The highest BCUT2D eigenvalue weighted by atomic mass is 19.1. The summed E-state index contributed by atoms with van der Waals surface area (Å²) in [7, 11) is -0.742. The molecule has 0 radical (unpaired) electrons. The summed E-state index contributed by atoms with van der Waals surface area (Å²) in [6, 6.07) is 12.5. The quantitative estimate of drug-likeness (QED) is 0.686. The summed E-state index contributed by atoms with van der Waals surface area (Å²) >= 11 is 0. The minimum absolute atomic E-state index is 0.120. The Balaban J connectivity index is 1.96. The van der Waals surface area contributed by atoms with Crippen molar-refractivity contribution in [2.75, 3.05) is 0 Å². The highest BCUT2D eigenvalue weighted by Gasteiger charge is 2.53. The van der Waals surface area contributed by atoms with E-state index in [4.69, 9.17) is 18.8 Å². The van der Waals surface area contributed by atoms with Gasteiger partial charge in [0.15, 0.2) is 11.5 Å². The molecule has 0 aromatic heterocycles. The van der Waals surface area contributed by atoms with Gasteiger partial charge in [-0.25, -0.2) is 4.39 Å². The van der Waals surface area contributed by atoms with Crippen LogP contribution in [0.5, 0.6) is 11.5 Å². The zero-order valence-corrected chi connectivity index (χ0v) is 17.4. The van der Waals surface area contributed by atoms with Crippen molar-refractivity contribution in [2.24, 2.45) is 0 Å². The number of halogens is 1. The largest absolute Gasteiger partial charge is 0.498 e. The molecule has 150 valence electrons. The van der Waals surface area contributed by atoms with Gasteiger partial charge < -0.3 is 18.8 Å². The van der Waals surface area contributed by atoms with E-state index in [1.807, 2.05) is 71.9 Å². The molecule has 28 heavy (non-hydrogen) atoms. The van der Waals surface area contributed by atoms with E-state index >= 15 is 0 Å². The lowest BCUT2D eigenvalue weighted by molar-refractivity contribution is 0.00578. The Hall–Kier alpha value is -2.05. The SMILES string of the molecule is CC(C)Oc1c(OCc2ccccc2)cc(F)cc1B1OC(C)(C)C(C)(C)O1. The van der Waals surface area contributed by atoms with Gasteiger partial charge in [-0.3, -0.25) is 0 Å². The zero-order chi connectivity index (χ0) is 20.5. The number of rotatable bonds is 6. The van der Waals surface area contributed by atoms with Crippen molar-refractivity contribution in [1.82, 2.24) is 0 Å². The molecule has 4 nitrogen and oxygen atoms in total.